The molecule has 0 atom stereocenters. The Hall–Kier alpha value is -1.78. The fraction of sp³-hybridized carbons (Fsp3) is 0.588. The molecule has 122 valence electrons. The van der Waals surface area contributed by atoms with Crippen molar-refractivity contribution in [2.24, 2.45) is 10.7 Å². The summed E-state index contributed by atoms with van der Waals surface area (Å²) in [6.07, 6.45) is 7.10. The maximum atomic E-state index is 13.6. The van der Waals surface area contributed by atoms with Crippen LogP contribution < -0.4 is 16.0 Å². The van der Waals surface area contributed by atoms with Crippen molar-refractivity contribution in [1.29, 1.82) is 0 Å². The summed E-state index contributed by atoms with van der Waals surface area (Å²) < 4.78 is 13.6. The van der Waals surface area contributed by atoms with Crippen molar-refractivity contribution >= 4 is 11.6 Å². The number of nitrogens with zero attached hydrogens (tertiary/aromatic N) is 2. The van der Waals surface area contributed by atoms with Crippen LogP contribution in [0.5, 0.6) is 0 Å². The highest BCUT2D eigenvalue weighted by atomic mass is 19.1. The van der Waals surface area contributed by atoms with Crippen LogP contribution in [-0.4, -0.2) is 32.1 Å². The van der Waals surface area contributed by atoms with Crippen molar-refractivity contribution in [3.8, 4) is 0 Å². The number of rotatable bonds is 6. The van der Waals surface area contributed by atoms with Crippen LogP contribution >= 0.6 is 0 Å². The zero-order chi connectivity index (χ0) is 15.8. The third kappa shape index (κ3) is 5.20. The molecule has 1 aliphatic carbocycles. The van der Waals surface area contributed by atoms with Gasteiger partial charge in [0, 0.05) is 26.2 Å². The van der Waals surface area contributed by atoms with Crippen molar-refractivity contribution in [3.05, 3.63) is 30.1 Å². The summed E-state index contributed by atoms with van der Waals surface area (Å²) in [7, 11) is 1.89. The molecule has 2 rings (SSSR count). The number of hydrogen-bond donors (Lipinski definition) is 2. The van der Waals surface area contributed by atoms with Gasteiger partial charge in [-0.2, -0.15) is 0 Å². The molecule has 0 aliphatic heterocycles. The molecule has 1 saturated carbocycles. The standard InChI is InChI=1S/C17H27FN4/c1-22(16-11-6-5-10-15(16)18)13-7-12-20-17(19)21-14-8-3-2-4-9-14/h5-6,10-11,14H,2-4,7-9,12-13H2,1H3,(H3,19,20,21). The van der Waals surface area contributed by atoms with E-state index in [1.807, 2.05) is 18.0 Å². The van der Waals surface area contributed by atoms with Crippen molar-refractivity contribution in [3.63, 3.8) is 0 Å². The highest BCUT2D eigenvalue weighted by Crippen LogP contribution is 2.17. The van der Waals surface area contributed by atoms with Gasteiger partial charge in [-0.15, -0.1) is 0 Å². The first-order valence-electron chi connectivity index (χ1n) is 8.19. The first-order chi connectivity index (χ1) is 10.7. The Bertz CT molecular complexity index is 483. The van der Waals surface area contributed by atoms with Gasteiger partial charge in [-0.25, -0.2) is 4.39 Å². The van der Waals surface area contributed by atoms with Crippen molar-refractivity contribution in [2.75, 3.05) is 25.0 Å². The minimum atomic E-state index is -0.188. The van der Waals surface area contributed by atoms with E-state index < -0.39 is 0 Å². The number of benzene rings is 1. The molecule has 0 aromatic heterocycles. The van der Waals surface area contributed by atoms with E-state index in [9.17, 15) is 4.39 Å². The maximum absolute atomic E-state index is 13.6. The van der Waals surface area contributed by atoms with E-state index in [0.717, 1.165) is 13.0 Å². The zero-order valence-corrected chi connectivity index (χ0v) is 13.4. The van der Waals surface area contributed by atoms with Crippen LogP contribution in [0.4, 0.5) is 10.1 Å². The number of guanidine groups is 1. The summed E-state index contributed by atoms with van der Waals surface area (Å²) in [5, 5.41) is 3.30. The quantitative estimate of drug-likeness (QED) is 0.483. The monoisotopic (exact) mass is 306 g/mol. The van der Waals surface area contributed by atoms with E-state index in [-0.39, 0.29) is 5.82 Å². The first kappa shape index (κ1) is 16.6. The highest BCUT2D eigenvalue weighted by Gasteiger charge is 2.13. The third-order valence-corrected chi connectivity index (χ3v) is 4.15. The molecule has 0 radical (unpaired) electrons. The largest absolute Gasteiger partial charge is 0.372 e. The molecule has 1 fully saturated rings. The summed E-state index contributed by atoms with van der Waals surface area (Å²) in [4.78, 5) is 6.28. The van der Waals surface area contributed by atoms with Gasteiger partial charge >= 0.3 is 0 Å². The second kappa shape index (κ2) is 8.61. The van der Waals surface area contributed by atoms with Gasteiger partial charge in [-0.3, -0.25) is 4.99 Å². The average molecular weight is 306 g/mol. The summed E-state index contributed by atoms with van der Waals surface area (Å²) >= 11 is 0. The minimum absolute atomic E-state index is 0.188. The fourth-order valence-electron chi connectivity index (χ4n) is 2.89. The third-order valence-electron chi connectivity index (χ3n) is 4.15. The molecule has 1 aromatic rings. The van der Waals surface area contributed by atoms with Gasteiger partial charge in [0.25, 0.3) is 0 Å². The Morgan fingerprint density at radius 3 is 2.77 bits per heavy atom. The van der Waals surface area contributed by atoms with Gasteiger partial charge in [-0.05, 0) is 31.4 Å². The number of halogens is 1. The molecule has 4 nitrogen and oxygen atoms in total. The van der Waals surface area contributed by atoms with E-state index in [1.165, 1.54) is 38.2 Å². The van der Waals surface area contributed by atoms with Crippen LogP contribution in [0.25, 0.3) is 0 Å². The van der Waals surface area contributed by atoms with Gasteiger partial charge < -0.3 is 16.0 Å². The molecule has 1 aliphatic rings. The van der Waals surface area contributed by atoms with Crippen LogP contribution in [0.1, 0.15) is 38.5 Å². The molecule has 0 amide bonds. The van der Waals surface area contributed by atoms with Crippen molar-refractivity contribution in [1.82, 2.24) is 5.32 Å². The van der Waals surface area contributed by atoms with Crippen molar-refractivity contribution in [2.45, 2.75) is 44.6 Å². The SMILES string of the molecule is CN(CCCN=C(N)NC1CCCCC1)c1ccccc1F. The number of nitrogens with one attached hydrogen (secondary N) is 1. The summed E-state index contributed by atoms with van der Waals surface area (Å²) in [5.74, 6) is 0.354. The maximum Gasteiger partial charge on any atom is 0.188 e. The summed E-state index contributed by atoms with van der Waals surface area (Å²) in [5.41, 5.74) is 6.55. The molecule has 0 bridgehead atoms. The second-order valence-corrected chi connectivity index (χ2v) is 5.97. The Balaban J connectivity index is 1.69. The van der Waals surface area contributed by atoms with E-state index in [1.54, 1.807) is 12.1 Å². The molecule has 0 spiro atoms. The molecular formula is C17H27FN4. The topological polar surface area (TPSA) is 53.6 Å². The molecule has 22 heavy (non-hydrogen) atoms. The van der Waals surface area contributed by atoms with Gasteiger partial charge in [0.1, 0.15) is 5.82 Å². The van der Waals surface area contributed by atoms with Crippen molar-refractivity contribution < 1.29 is 4.39 Å². The minimum Gasteiger partial charge on any atom is -0.372 e. The van der Waals surface area contributed by atoms with Crippen LogP contribution in [0.15, 0.2) is 29.3 Å². The molecule has 3 N–H and O–H groups in total. The molecule has 0 heterocycles. The van der Waals surface area contributed by atoms with Gasteiger partial charge in [-0.1, -0.05) is 31.4 Å². The Morgan fingerprint density at radius 1 is 1.32 bits per heavy atom. The predicted octanol–water partition coefficient (Wildman–Crippen LogP) is 2.89. The first-order valence-corrected chi connectivity index (χ1v) is 8.19. The highest BCUT2D eigenvalue weighted by molar-refractivity contribution is 5.78. The van der Waals surface area contributed by atoms with Gasteiger partial charge in [0.15, 0.2) is 5.96 Å². The van der Waals surface area contributed by atoms with E-state index in [4.69, 9.17) is 5.73 Å². The molecule has 5 heteroatoms. The fourth-order valence-corrected chi connectivity index (χ4v) is 2.89. The lowest BCUT2D eigenvalue weighted by Gasteiger charge is -2.23. The number of aliphatic imine (C=N–C) groups is 1. The summed E-state index contributed by atoms with van der Waals surface area (Å²) in [6.45, 7) is 1.41. The Labute approximate surface area is 132 Å². The summed E-state index contributed by atoms with van der Waals surface area (Å²) in [6, 6.07) is 7.31. The van der Waals surface area contributed by atoms with E-state index in [0.29, 0.717) is 24.2 Å². The van der Waals surface area contributed by atoms with Crippen LogP contribution in [-0.2, 0) is 0 Å². The predicted molar refractivity (Wildman–Crippen MR) is 90.8 cm³/mol. The lowest BCUT2D eigenvalue weighted by Crippen LogP contribution is -2.41. The molecule has 0 saturated heterocycles. The van der Waals surface area contributed by atoms with E-state index in [2.05, 4.69) is 10.3 Å². The van der Waals surface area contributed by atoms with Crippen LogP contribution in [0.2, 0.25) is 0 Å². The second-order valence-electron chi connectivity index (χ2n) is 5.97. The van der Waals surface area contributed by atoms with Crippen LogP contribution in [0, 0.1) is 5.82 Å². The van der Waals surface area contributed by atoms with Gasteiger partial charge in [0.2, 0.25) is 0 Å². The number of para-hydroxylation sites is 1. The number of anilines is 1. The smallest absolute Gasteiger partial charge is 0.188 e. The number of hydrogen-bond acceptors (Lipinski definition) is 2. The molecule has 0 unspecified atom stereocenters. The lowest BCUT2D eigenvalue weighted by atomic mass is 9.96. The van der Waals surface area contributed by atoms with Crippen LogP contribution in [0.3, 0.4) is 0 Å². The zero-order valence-electron chi connectivity index (χ0n) is 13.4. The normalized spacial score (nSPS) is 16.5. The molecule has 1 aromatic carbocycles. The average Bonchev–Trinajstić information content (AvgIpc) is 2.53. The molecular weight excluding hydrogens is 279 g/mol. The van der Waals surface area contributed by atoms with E-state index >= 15 is 0 Å². The lowest BCUT2D eigenvalue weighted by molar-refractivity contribution is 0.412. The Morgan fingerprint density at radius 2 is 2.05 bits per heavy atom. The van der Waals surface area contributed by atoms with Gasteiger partial charge in [0.05, 0.1) is 5.69 Å². The Kier molecular flexibility index (Phi) is 6.49. The number of nitrogens with two attached hydrogens (primary N) is 1.